The Hall–Kier alpha value is -1.93. The molecule has 106 valence electrons. The van der Waals surface area contributed by atoms with Crippen molar-refractivity contribution in [2.45, 2.75) is 18.4 Å². The molecule has 0 aliphatic rings. The van der Waals surface area contributed by atoms with Crippen molar-refractivity contribution in [1.29, 1.82) is 0 Å². The van der Waals surface area contributed by atoms with E-state index in [1.165, 1.54) is 23.5 Å². The number of hydrogen-bond acceptors (Lipinski definition) is 5. The van der Waals surface area contributed by atoms with Crippen LogP contribution in [0.2, 0.25) is 0 Å². The maximum atomic E-state index is 11.9. The molecule has 2 N–H and O–H groups in total. The van der Waals surface area contributed by atoms with Gasteiger partial charge < -0.3 is 5.32 Å². The lowest BCUT2D eigenvalue weighted by molar-refractivity contribution is 0.245. The highest BCUT2D eigenvalue weighted by Crippen LogP contribution is 2.09. The fraction of sp³-hybridized carbons (Fsp3) is 0.167. The molecule has 0 radical (unpaired) electrons. The molecule has 1 aromatic heterocycles. The van der Waals surface area contributed by atoms with Gasteiger partial charge in [-0.3, -0.25) is 0 Å². The van der Waals surface area contributed by atoms with Crippen LogP contribution in [-0.4, -0.2) is 19.4 Å². The number of hydrogen-bond donors (Lipinski definition) is 2. The van der Waals surface area contributed by atoms with E-state index in [4.69, 9.17) is 0 Å². The van der Waals surface area contributed by atoms with E-state index in [1.807, 2.05) is 11.6 Å². The molecule has 2 rings (SSSR count). The van der Waals surface area contributed by atoms with Crippen LogP contribution in [0.15, 0.2) is 40.7 Å². The van der Waals surface area contributed by atoms with Crippen molar-refractivity contribution in [3.8, 4) is 0 Å². The largest absolute Gasteiger partial charge is 0.331 e. The fourth-order valence-corrected chi connectivity index (χ4v) is 2.92. The van der Waals surface area contributed by atoms with Crippen LogP contribution < -0.4 is 10.0 Å². The van der Waals surface area contributed by atoms with Crippen LogP contribution in [-0.2, 0) is 16.6 Å². The van der Waals surface area contributed by atoms with E-state index in [9.17, 15) is 13.2 Å². The van der Waals surface area contributed by atoms with Crippen molar-refractivity contribution in [2.75, 3.05) is 0 Å². The predicted octanol–water partition coefficient (Wildman–Crippen LogP) is 1.64. The van der Waals surface area contributed by atoms with Crippen molar-refractivity contribution in [3.63, 3.8) is 0 Å². The van der Waals surface area contributed by atoms with E-state index in [-0.39, 0.29) is 11.4 Å². The minimum Gasteiger partial charge on any atom is -0.331 e. The molecule has 8 heteroatoms. The molecule has 1 aromatic carbocycles. The Balaban J connectivity index is 1.97. The summed E-state index contributed by atoms with van der Waals surface area (Å²) in [5.74, 6) is 0. The highest BCUT2D eigenvalue weighted by molar-refractivity contribution is 7.90. The number of carbonyl (C=O) groups excluding carboxylic acids is 1. The SMILES string of the molecule is Cc1ccc(S(=O)(=O)NC(=O)NCc2nccs2)cc1. The maximum Gasteiger partial charge on any atom is 0.329 e. The summed E-state index contributed by atoms with van der Waals surface area (Å²) in [5, 5.41) is 4.92. The number of urea groups is 1. The van der Waals surface area contributed by atoms with E-state index in [0.29, 0.717) is 5.01 Å². The van der Waals surface area contributed by atoms with E-state index < -0.39 is 16.1 Å². The standard InChI is InChI=1S/C12H13N3O3S2/c1-9-2-4-10(5-3-9)20(17,18)15-12(16)14-8-11-13-6-7-19-11/h2-7H,8H2,1H3,(H2,14,15,16). The predicted molar refractivity (Wildman–Crippen MR) is 75.9 cm³/mol. The summed E-state index contributed by atoms with van der Waals surface area (Å²) in [7, 11) is -3.85. The molecule has 0 fully saturated rings. The third-order valence-electron chi connectivity index (χ3n) is 2.44. The zero-order chi connectivity index (χ0) is 14.6. The molecular formula is C12H13N3O3S2. The lowest BCUT2D eigenvalue weighted by Gasteiger charge is -2.07. The second-order valence-corrected chi connectivity index (χ2v) is 6.69. The van der Waals surface area contributed by atoms with Crippen molar-refractivity contribution in [3.05, 3.63) is 46.4 Å². The molecule has 0 saturated heterocycles. The fourth-order valence-electron chi connectivity index (χ4n) is 1.43. The van der Waals surface area contributed by atoms with Gasteiger partial charge in [0, 0.05) is 11.6 Å². The Morgan fingerprint density at radius 3 is 2.60 bits per heavy atom. The first-order chi connectivity index (χ1) is 9.47. The van der Waals surface area contributed by atoms with Gasteiger partial charge in [-0.1, -0.05) is 17.7 Å². The smallest absolute Gasteiger partial charge is 0.329 e. The first-order valence-corrected chi connectivity index (χ1v) is 8.09. The Kier molecular flexibility index (Phi) is 4.35. The van der Waals surface area contributed by atoms with E-state index in [1.54, 1.807) is 23.7 Å². The monoisotopic (exact) mass is 311 g/mol. The third kappa shape index (κ3) is 3.78. The molecule has 20 heavy (non-hydrogen) atoms. The molecule has 0 aliphatic carbocycles. The van der Waals surface area contributed by atoms with Gasteiger partial charge in [-0.05, 0) is 19.1 Å². The zero-order valence-corrected chi connectivity index (χ0v) is 12.3. The molecule has 0 atom stereocenters. The quantitative estimate of drug-likeness (QED) is 0.898. The van der Waals surface area contributed by atoms with Gasteiger partial charge in [0.2, 0.25) is 0 Å². The normalized spacial score (nSPS) is 11.1. The zero-order valence-electron chi connectivity index (χ0n) is 10.7. The lowest BCUT2D eigenvalue weighted by atomic mass is 10.2. The van der Waals surface area contributed by atoms with E-state index in [0.717, 1.165) is 5.56 Å². The first-order valence-electron chi connectivity index (χ1n) is 5.73. The number of carbonyl (C=O) groups is 1. The number of aromatic nitrogens is 1. The summed E-state index contributed by atoms with van der Waals surface area (Å²) in [6, 6.07) is 5.46. The lowest BCUT2D eigenvalue weighted by Crippen LogP contribution is -2.39. The number of amides is 2. The Bertz CT molecular complexity index is 679. The van der Waals surface area contributed by atoms with Crippen molar-refractivity contribution in [2.24, 2.45) is 0 Å². The Morgan fingerprint density at radius 1 is 1.30 bits per heavy atom. The maximum absolute atomic E-state index is 11.9. The van der Waals surface area contributed by atoms with Gasteiger partial charge in [0.25, 0.3) is 10.0 Å². The van der Waals surface area contributed by atoms with Gasteiger partial charge in [-0.15, -0.1) is 11.3 Å². The van der Waals surface area contributed by atoms with Crippen LogP contribution in [0.5, 0.6) is 0 Å². The van der Waals surface area contributed by atoms with E-state index >= 15 is 0 Å². The summed E-state index contributed by atoms with van der Waals surface area (Å²) < 4.78 is 25.8. The number of benzene rings is 1. The molecule has 2 aromatic rings. The van der Waals surface area contributed by atoms with Crippen molar-refractivity contribution in [1.82, 2.24) is 15.0 Å². The number of sulfonamides is 1. The highest BCUT2D eigenvalue weighted by atomic mass is 32.2. The molecule has 6 nitrogen and oxygen atoms in total. The summed E-state index contributed by atoms with van der Waals surface area (Å²) in [6.45, 7) is 2.04. The van der Waals surface area contributed by atoms with Gasteiger partial charge in [0.1, 0.15) is 5.01 Å². The molecule has 0 unspecified atom stereocenters. The van der Waals surface area contributed by atoms with Crippen LogP contribution in [0.25, 0.3) is 0 Å². The highest BCUT2D eigenvalue weighted by Gasteiger charge is 2.17. The number of thiazole rings is 1. The average Bonchev–Trinajstić information content (AvgIpc) is 2.89. The Labute approximate surface area is 120 Å². The minimum atomic E-state index is -3.85. The van der Waals surface area contributed by atoms with Crippen LogP contribution in [0.3, 0.4) is 0 Å². The number of nitrogens with zero attached hydrogens (tertiary/aromatic N) is 1. The molecular weight excluding hydrogens is 298 g/mol. The van der Waals surface area contributed by atoms with Crippen LogP contribution in [0, 0.1) is 6.92 Å². The second kappa shape index (κ2) is 6.02. The number of aryl methyl sites for hydroxylation is 1. The van der Waals surface area contributed by atoms with Crippen LogP contribution >= 0.6 is 11.3 Å². The summed E-state index contributed by atoms with van der Waals surface area (Å²) >= 11 is 1.38. The van der Waals surface area contributed by atoms with Gasteiger partial charge in [-0.25, -0.2) is 22.9 Å². The molecule has 0 aliphatic heterocycles. The van der Waals surface area contributed by atoms with Crippen LogP contribution in [0.4, 0.5) is 4.79 Å². The topological polar surface area (TPSA) is 88.2 Å². The van der Waals surface area contributed by atoms with Crippen LogP contribution in [0.1, 0.15) is 10.6 Å². The minimum absolute atomic E-state index is 0.0486. The first kappa shape index (κ1) is 14.5. The number of rotatable bonds is 4. The molecule has 1 heterocycles. The number of nitrogens with one attached hydrogen (secondary N) is 2. The van der Waals surface area contributed by atoms with Crippen molar-refractivity contribution < 1.29 is 13.2 Å². The summed E-state index contributed by atoms with van der Waals surface area (Å²) in [6.07, 6.45) is 1.61. The average molecular weight is 311 g/mol. The summed E-state index contributed by atoms with van der Waals surface area (Å²) in [4.78, 5) is 15.6. The van der Waals surface area contributed by atoms with Crippen molar-refractivity contribution >= 4 is 27.4 Å². The molecule has 0 saturated carbocycles. The third-order valence-corrected chi connectivity index (χ3v) is 4.57. The molecule has 0 spiro atoms. The van der Waals surface area contributed by atoms with Gasteiger partial charge >= 0.3 is 6.03 Å². The van der Waals surface area contributed by atoms with Gasteiger partial charge in [0.05, 0.1) is 11.4 Å². The Morgan fingerprint density at radius 2 is 2.00 bits per heavy atom. The molecule has 0 bridgehead atoms. The summed E-state index contributed by atoms with van der Waals surface area (Å²) in [5.41, 5.74) is 0.942. The second-order valence-electron chi connectivity index (χ2n) is 4.03. The van der Waals surface area contributed by atoms with Gasteiger partial charge in [-0.2, -0.15) is 0 Å². The van der Waals surface area contributed by atoms with Gasteiger partial charge in [0.15, 0.2) is 0 Å². The molecule has 2 amide bonds. The van der Waals surface area contributed by atoms with E-state index in [2.05, 4.69) is 10.3 Å².